The number of benzene rings is 1. The number of nitrogens with one attached hydrogen (secondary N) is 2. The van der Waals surface area contributed by atoms with Gasteiger partial charge in [0, 0.05) is 34.9 Å². The Morgan fingerprint density at radius 2 is 1.67 bits per heavy atom. The average Bonchev–Trinajstić information content (AvgIpc) is 3.31. The van der Waals surface area contributed by atoms with Gasteiger partial charge in [0.05, 0.1) is 15.5 Å². The fourth-order valence-corrected chi connectivity index (χ4v) is 8.66. The summed E-state index contributed by atoms with van der Waals surface area (Å²) >= 11 is 1.43. The summed E-state index contributed by atoms with van der Waals surface area (Å²) in [7, 11) is -3.77. The van der Waals surface area contributed by atoms with Crippen molar-refractivity contribution in [2.75, 3.05) is 0 Å². The molecular weight excluding hydrogens is 528 g/mol. The fraction of sp³-hybridized carbons (Fsp3) is 0.567. The number of hydrogen-bond donors (Lipinski definition) is 2. The molecule has 0 atom stereocenters. The number of pyridine rings is 1. The van der Waals surface area contributed by atoms with Crippen LogP contribution in [0.25, 0.3) is 21.2 Å². The number of nitrogens with zero attached hydrogens (tertiary/aromatic N) is 2. The van der Waals surface area contributed by atoms with Gasteiger partial charge in [0.15, 0.2) is 5.01 Å². The van der Waals surface area contributed by atoms with E-state index in [1.807, 2.05) is 32.9 Å². The van der Waals surface area contributed by atoms with Gasteiger partial charge in [-0.05, 0) is 63.5 Å². The van der Waals surface area contributed by atoms with Crippen LogP contribution in [-0.4, -0.2) is 35.9 Å². The summed E-state index contributed by atoms with van der Waals surface area (Å²) in [6.45, 7) is 5.48. The number of aromatic nitrogens is 2. The van der Waals surface area contributed by atoms with Gasteiger partial charge in [0.2, 0.25) is 10.0 Å². The highest BCUT2D eigenvalue weighted by Crippen LogP contribution is 2.40. The van der Waals surface area contributed by atoms with Gasteiger partial charge in [-0.2, -0.15) is 0 Å². The van der Waals surface area contributed by atoms with Crippen molar-refractivity contribution in [3.8, 4) is 10.4 Å². The van der Waals surface area contributed by atoms with Crippen LogP contribution in [0.2, 0.25) is 0 Å². The van der Waals surface area contributed by atoms with Crippen LogP contribution in [-0.2, 0) is 16.4 Å². The Kier molecular flexibility index (Phi) is 8.40. The summed E-state index contributed by atoms with van der Waals surface area (Å²) in [5.41, 5.74) is 1.24. The lowest BCUT2D eigenvalue weighted by atomic mass is 9.85. The first-order valence-corrected chi connectivity index (χ1v) is 16.6. The molecule has 210 valence electrons. The summed E-state index contributed by atoms with van der Waals surface area (Å²) in [4.78, 5) is 23.7. The molecule has 2 aliphatic carbocycles. The van der Waals surface area contributed by atoms with Crippen molar-refractivity contribution in [1.82, 2.24) is 20.0 Å². The van der Waals surface area contributed by atoms with E-state index in [0.717, 1.165) is 53.6 Å². The van der Waals surface area contributed by atoms with Crippen LogP contribution >= 0.6 is 11.3 Å². The number of thiazole rings is 1. The lowest BCUT2D eigenvalue weighted by Gasteiger charge is -2.22. The number of rotatable bonds is 7. The van der Waals surface area contributed by atoms with Crippen molar-refractivity contribution in [3.63, 3.8) is 0 Å². The Bertz CT molecular complexity index is 1430. The number of hydrogen-bond acceptors (Lipinski definition) is 6. The van der Waals surface area contributed by atoms with E-state index in [0.29, 0.717) is 16.3 Å². The molecule has 2 aliphatic rings. The molecule has 0 aliphatic heterocycles. The van der Waals surface area contributed by atoms with Crippen LogP contribution in [0, 0.1) is 5.92 Å². The third-order valence-corrected chi connectivity index (χ3v) is 10.7. The normalized spacial score (nSPS) is 17.9. The minimum atomic E-state index is -3.77. The minimum absolute atomic E-state index is 0.0948. The molecule has 0 spiro atoms. The molecule has 5 rings (SSSR count). The molecule has 9 heteroatoms. The highest BCUT2D eigenvalue weighted by molar-refractivity contribution is 7.89. The third-order valence-electron chi connectivity index (χ3n) is 7.79. The van der Waals surface area contributed by atoms with Gasteiger partial charge in [-0.25, -0.2) is 18.1 Å². The summed E-state index contributed by atoms with van der Waals surface area (Å²) in [5.74, 6) is 0.458. The molecule has 0 unspecified atom stereocenters. The molecular formula is C30H40N4O3S2. The Hall–Kier alpha value is -2.36. The minimum Gasteiger partial charge on any atom is -0.347 e. The van der Waals surface area contributed by atoms with E-state index < -0.39 is 15.6 Å². The van der Waals surface area contributed by atoms with E-state index in [9.17, 15) is 13.2 Å². The molecule has 2 N–H and O–H groups in total. The maximum atomic E-state index is 13.3. The van der Waals surface area contributed by atoms with Gasteiger partial charge in [-0.1, -0.05) is 57.4 Å². The predicted molar refractivity (Wildman–Crippen MR) is 158 cm³/mol. The number of sulfonamides is 1. The summed E-state index contributed by atoms with van der Waals surface area (Å²) < 4.78 is 29.4. The van der Waals surface area contributed by atoms with E-state index in [1.165, 1.54) is 49.9 Å². The van der Waals surface area contributed by atoms with Crippen molar-refractivity contribution in [2.45, 2.75) is 108 Å². The zero-order chi connectivity index (χ0) is 27.6. The first kappa shape index (κ1) is 28.2. The van der Waals surface area contributed by atoms with Gasteiger partial charge < -0.3 is 5.32 Å². The molecule has 0 bridgehead atoms. The van der Waals surface area contributed by atoms with Crippen molar-refractivity contribution in [2.24, 2.45) is 5.92 Å². The lowest BCUT2D eigenvalue weighted by Crippen LogP contribution is -2.40. The van der Waals surface area contributed by atoms with E-state index >= 15 is 0 Å². The zero-order valence-corrected chi connectivity index (χ0v) is 24.9. The number of carbonyl (C=O) groups is 1. The van der Waals surface area contributed by atoms with Crippen LogP contribution in [0.5, 0.6) is 0 Å². The standard InChI is InChI=1S/C30H40N4O3S2/c1-30(2,3)34-39(36,37)26-15-14-23(22-16-17-31-19-24(22)26)27-25(18-20-10-6-4-7-11-20)33-29(38-27)28(35)32-21-12-8-5-9-13-21/h14-17,19-21,34H,4-13,18H2,1-3H3,(H,32,35). The number of carbonyl (C=O) groups excluding carboxylic acids is 1. The van der Waals surface area contributed by atoms with Gasteiger partial charge in [0.1, 0.15) is 0 Å². The monoisotopic (exact) mass is 568 g/mol. The second kappa shape index (κ2) is 11.6. The molecule has 1 aromatic carbocycles. The second-order valence-corrected chi connectivity index (χ2v) is 14.8. The van der Waals surface area contributed by atoms with Crippen molar-refractivity contribution in [3.05, 3.63) is 41.3 Å². The molecule has 1 amide bonds. The van der Waals surface area contributed by atoms with Crippen molar-refractivity contribution >= 4 is 38.0 Å². The Balaban J connectivity index is 1.56. The SMILES string of the molecule is CC(C)(C)NS(=O)(=O)c1ccc(-c2sc(C(=O)NC3CCCCC3)nc2CC2CCCCC2)c2ccncc12. The maximum absolute atomic E-state index is 13.3. The van der Waals surface area contributed by atoms with Gasteiger partial charge in [-0.15, -0.1) is 11.3 Å². The predicted octanol–water partition coefficient (Wildman–Crippen LogP) is 6.62. The summed E-state index contributed by atoms with van der Waals surface area (Å²) in [6.07, 6.45) is 15.9. The highest BCUT2D eigenvalue weighted by atomic mass is 32.2. The lowest BCUT2D eigenvalue weighted by molar-refractivity contribution is 0.0927. The van der Waals surface area contributed by atoms with Crippen molar-refractivity contribution in [1.29, 1.82) is 0 Å². The average molecular weight is 569 g/mol. The zero-order valence-electron chi connectivity index (χ0n) is 23.3. The largest absolute Gasteiger partial charge is 0.347 e. The Labute approximate surface area is 236 Å². The molecule has 0 radical (unpaired) electrons. The first-order chi connectivity index (χ1) is 18.6. The Morgan fingerprint density at radius 3 is 2.36 bits per heavy atom. The molecule has 7 nitrogen and oxygen atoms in total. The van der Waals surface area contributed by atoms with Crippen LogP contribution in [0.4, 0.5) is 0 Å². The van der Waals surface area contributed by atoms with Crippen molar-refractivity contribution < 1.29 is 13.2 Å². The highest BCUT2D eigenvalue weighted by Gasteiger charge is 2.28. The van der Waals surface area contributed by atoms with E-state index in [-0.39, 0.29) is 16.8 Å². The molecule has 2 fully saturated rings. The third kappa shape index (κ3) is 6.69. The number of amides is 1. The first-order valence-electron chi connectivity index (χ1n) is 14.3. The fourth-order valence-electron chi connectivity index (χ4n) is 6.01. The topological polar surface area (TPSA) is 101 Å². The van der Waals surface area contributed by atoms with Crippen LogP contribution in [0.15, 0.2) is 35.5 Å². The van der Waals surface area contributed by atoms with E-state index in [4.69, 9.17) is 4.98 Å². The molecule has 3 aromatic rings. The number of fused-ring (bicyclic) bond motifs is 1. The van der Waals surface area contributed by atoms with E-state index in [1.54, 1.807) is 18.5 Å². The molecule has 2 aromatic heterocycles. The summed E-state index contributed by atoms with van der Waals surface area (Å²) in [5, 5.41) is 5.09. The van der Waals surface area contributed by atoms with Crippen LogP contribution < -0.4 is 10.0 Å². The molecule has 2 heterocycles. The molecule has 0 saturated heterocycles. The molecule has 2 saturated carbocycles. The van der Waals surface area contributed by atoms with Gasteiger partial charge in [0.25, 0.3) is 5.91 Å². The molecule has 39 heavy (non-hydrogen) atoms. The quantitative estimate of drug-likeness (QED) is 0.334. The van der Waals surface area contributed by atoms with Gasteiger partial charge in [-0.3, -0.25) is 9.78 Å². The second-order valence-electron chi connectivity index (χ2n) is 12.2. The van der Waals surface area contributed by atoms with E-state index in [2.05, 4.69) is 15.0 Å². The smallest absolute Gasteiger partial charge is 0.280 e. The maximum Gasteiger partial charge on any atom is 0.280 e. The van der Waals surface area contributed by atoms with Crippen LogP contribution in [0.3, 0.4) is 0 Å². The summed E-state index contributed by atoms with van der Waals surface area (Å²) in [6, 6.07) is 5.62. The Morgan fingerprint density at radius 1 is 0.974 bits per heavy atom. The van der Waals surface area contributed by atoms with Gasteiger partial charge >= 0.3 is 0 Å². The van der Waals surface area contributed by atoms with Crippen LogP contribution in [0.1, 0.15) is 100 Å².